The van der Waals surface area contributed by atoms with E-state index in [1.54, 1.807) is 0 Å². The Bertz CT molecular complexity index is 226. The fourth-order valence-electron chi connectivity index (χ4n) is 1.52. The first kappa shape index (κ1) is 17.9. The summed E-state index contributed by atoms with van der Waals surface area (Å²) >= 11 is 0. The minimum absolute atomic E-state index is 0.320. The molecule has 0 saturated carbocycles. The zero-order valence-electron chi connectivity index (χ0n) is 13.5. The zero-order valence-corrected chi connectivity index (χ0v) is 14.5. The molecule has 2 heteroatoms. The molecule has 0 N–H and O–H groups in total. The Morgan fingerprint density at radius 2 is 1.56 bits per heavy atom. The van der Waals surface area contributed by atoms with Gasteiger partial charge in [0.05, 0.1) is 6.61 Å². The minimum Gasteiger partial charge on any atom is -0.413 e. The number of unbranched alkanes of at least 4 members (excludes halogenated alkanes) is 5. The van der Waals surface area contributed by atoms with Gasteiger partial charge in [-0.25, -0.2) is 0 Å². The van der Waals surface area contributed by atoms with Crippen LogP contribution in [0.25, 0.3) is 0 Å². The first-order chi connectivity index (χ1) is 8.31. The molecule has 0 unspecified atom stereocenters. The molecule has 0 spiro atoms. The lowest BCUT2D eigenvalue weighted by Crippen LogP contribution is -2.40. The summed E-state index contributed by atoms with van der Waals surface area (Å²) in [6, 6.07) is 0. The van der Waals surface area contributed by atoms with Gasteiger partial charge in [-0.05, 0) is 31.0 Å². The average Bonchev–Trinajstić information content (AvgIpc) is 2.25. The van der Waals surface area contributed by atoms with Gasteiger partial charge in [-0.15, -0.1) is 0 Å². The largest absolute Gasteiger partial charge is 0.413 e. The Hall–Kier alpha value is -0.0831. The summed E-state index contributed by atoms with van der Waals surface area (Å²) in [4.78, 5) is 0. The molecular weight excluding hydrogens is 236 g/mol. The number of allylic oxidation sites excluding steroid dienone is 1. The van der Waals surface area contributed by atoms with E-state index in [2.05, 4.69) is 52.9 Å². The molecule has 0 amide bonds. The predicted molar refractivity (Wildman–Crippen MR) is 85.7 cm³/mol. The van der Waals surface area contributed by atoms with Gasteiger partial charge < -0.3 is 4.43 Å². The van der Waals surface area contributed by atoms with E-state index < -0.39 is 8.32 Å². The van der Waals surface area contributed by atoms with Gasteiger partial charge in [0.15, 0.2) is 8.32 Å². The molecule has 0 aromatic carbocycles. The second kappa shape index (κ2) is 8.92. The molecule has 0 aliphatic rings. The third kappa shape index (κ3) is 8.10. The summed E-state index contributed by atoms with van der Waals surface area (Å²) in [5.41, 5.74) is 0. The first-order valence-electron chi connectivity index (χ1n) is 7.60. The molecule has 0 aliphatic carbocycles. The molecule has 0 aliphatic heterocycles. The fourth-order valence-corrected chi connectivity index (χ4v) is 2.47. The molecule has 108 valence electrons. The maximum Gasteiger partial charge on any atom is 0.192 e. The summed E-state index contributed by atoms with van der Waals surface area (Å²) in [7, 11) is -1.54. The topological polar surface area (TPSA) is 9.23 Å². The summed E-state index contributed by atoms with van der Waals surface area (Å²) < 4.78 is 6.09. The molecule has 0 bridgehead atoms. The van der Waals surface area contributed by atoms with Gasteiger partial charge in [-0.3, -0.25) is 0 Å². The smallest absolute Gasteiger partial charge is 0.192 e. The van der Waals surface area contributed by atoms with E-state index in [0.717, 1.165) is 6.61 Å². The highest BCUT2D eigenvalue weighted by atomic mass is 28.4. The molecule has 0 aromatic rings. The number of hydrogen-bond donors (Lipinski definition) is 0. The predicted octanol–water partition coefficient (Wildman–Crippen LogP) is 5.92. The first-order valence-corrected chi connectivity index (χ1v) is 10.5. The van der Waals surface area contributed by atoms with Crippen molar-refractivity contribution in [2.45, 2.75) is 84.4 Å². The molecule has 0 radical (unpaired) electrons. The Morgan fingerprint density at radius 1 is 0.944 bits per heavy atom. The van der Waals surface area contributed by atoms with Gasteiger partial charge in [0.25, 0.3) is 0 Å². The van der Waals surface area contributed by atoms with E-state index in [-0.39, 0.29) is 0 Å². The monoisotopic (exact) mass is 270 g/mol. The van der Waals surface area contributed by atoms with Gasteiger partial charge in [-0.2, -0.15) is 0 Å². The highest BCUT2D eigenvalue weighted by molar-refractivity contribution is 6.74. The van der Waals surface area contributed by atoms with E-state index in [9.17, 15) is 0 Å². The molecule has 1 nitrogen and oxygen atoms in total. The van der Waals surface area contributed by atoms with E-state index in [0.29, 0.717) is 5.04 Å². The van der Waals surface area contributed by atoms with Crippen LogP contribution in [0, 0.1) is 0 Å². The number of hydrogen-bond acceptors (Lipinski definition) is 1. The lowest BCUT2D eigenvalue weighted by molar-refractivity contribution is 0.327. The van der Waals surface area contributed by atoms with Crippen LogP contribution in [0.5, 0.6) is 0 Å². The van der Waals surface area contributed by atoms with Crippen LogP contribution >= 0.6 is 0 Å². The molecule has 0 rings (SSSR count). The molecule has 0 aromatic heterocycles. The van der Waals surface area contributed by atoms with E-state index >= 15 is 0 Å². The van der Waals surface area contributed by atoms with Crippen molar-refractivity contribution in [2.75, 3.05) is 6.61 Å². The third-order valence-corrected chi connectivity index (χ3v) is 8.49. The normalized spacial score (nSPS) is 13.4. The second-order valence-corrected chi connectivity index (χ2v) is 11.6. The highest BCUT2D eigenvalue weighted by Gasteiger charge is 2.36. The van der Waals surface area contributed by atoms with Crippen molar-refractivity contribution in [3.63, 3.8) is 0 Å². The Balaban J connectivity index is 3.60. The van der Waals surface area contributed by atoms with Crippen molar-refractivity contribution in [1.29, 1.82) is 0 Å². The molecule has 0 saturated heterocycles. The van der Waals surface area contributed by atoms with Gasteiger partial charge in [0.2, 0.25) is 0 Å². The summed E-state index contributed by atoms with van der Waals surface area (Å²) in [5, 5.41) is 0.320. The van der Waals surface area contributed by atoms with Gasteiger partial charge >= 0.3 is 0 Å². The maximum atomic E-state index is 6.09. The summed E-state index contributed by atoms with van der Waals surface area (Å²) in [6.45, 7) is 14.5. The molecule has 0 atom stereocenters. The van der Waals surface area contributed by atoms with Crippen LogP contribution in [-0.2, 0) is 4.43 Å². The van der Waals surface area contributed by atoms with Crippen LogP contribution in [0.15, 0.2) is 12.2 Å². The summed E-state index contributed by atoms with van der Waals surface area (Å²) in [6.07, 6.45) is 12.5. The van der Waals surface area contributed by atoms with Crippen LogP contribution < -0.4 is 0 Å². The maximum absolute atomic E-state index is 6.09. The minimum atomic E-state index is -1.54. The van der Waals surface area contributed by atoms with Gasteiger partial charge in [-0.1, -0.05) is 65.5 Å². The highest BCUT2D eigenvalue weighted by Crippen LogP contribution is 2.36. The SMILES string of the molecule is CCCCCCC/C=C/CO[Si](C)(C)C(C)(C)C. The summed E-state index contributed by atoms with van der Waals surface area (Å²) in [5.74, 6) is 0. The van der Waals surface area contributed by atoms with E-state index in [1.807, 2.05) is 0 Å². The van der Waals surface area contributed by atoms with Crippen molar-refractivity contribution < 1.29 is 4.43 Å². The lowest BCUT2D eigenvalue weighted by Gasteiger charge is -2.35. The molecule has 18 heavy (non-hydrogen) atoms. The van der Waals surface area contributed by atoms with Crippen LogP contribution in [0.2, 0.25) is 18.1 Å². The Labute approximate surface area is 116 Å². The lowest BCUT2D eigenvalue weighted by atomic mass is 10.1. The standard InChI is InChI=1S/C16H34OSi/c1-7-8-9-10-11-12-13-14-15-17-18(5,6)16(2,3)4/h13-14H,7-12,15H2,1-6H3/b14-13+. The fraction of sp³-hybridized carbons (Fsp3) is 0.875. The second-order valence-electron chi connectivity index (χ2n) is 6.75. The van der Waals surface area contributed by atoms with E-state index in [1.165, 1.54) is 38.5 Å². The van der Waals surface area contributed by atoms with Crippen molar-refractivity contribution in [2.24, 2.45) is 0 Å². The third-order valence-electron chi connectivity index (χ3n) is 3.99. The quantitative estimate of drug-likeness (QED) is 0.287. The van der Waals surface area contributed by atoms with Crippen LogP contribution in [0.3, 0.4) is 0 Å². The van der Waals surface area contributed by atoms with Gasteiger partial charge in [0, 0.05) is 0 Å². The Kier molecular flexibility index (Phi) is 8.88. The Morgan fingerprint density at radius 3 is 2.11 bits per heavy atom. The average molecular weight is 271 g/mol. The van der Waals surface area contributed by atoms with Crippen molar-refractivity contribution >= 4 is 8.32 Å². The number of rotatable bonds is 9. The van der Waals surface area contributed by atoms with Crippen LogP contribution in [-0.4, -0.2) is 14.9 Å². The molecular formula is C16H34OSi. The molecule has 0 fully saturated rings. The van der Waals surface area contributed by atoms with Crippen molar-refractivity contribution in [3.8, 4) is 0 Å². The van der Waals surface area contributed by atoms with Crippen molar-refractivity contribution in [1.82, 2.24) is 0 Å². The molecule has 0 heterocycles. The van der Waals surface area contributed by atoms with Crippen LogP contribution in [0.4, 0.5) is 0 Å². The van der Waals surface area contributed by atoms with Gasteiger partial charge in [0.1, 0.15) is 0 Å². The van der Waals surface area contributed by atoms with Crippen LogP contribution in [0.1, 0.15) is 66.2 Å². The van der Waals surface area contributed by atoms with Crippen molar-refractivity contribution in [3.05, 3.63) is 12.2 Å². The van der Waals surface area contributed by atoms with E-state index in [4.69, 9.17) is 4.43 Å². The zero-order chi connectivity index (χ0) is 14.1.